The van der Waals surface area contributed by atoms with Crippen LogP contribution in [0.3, 0.4) is 0 Å². The standard InChI is InChI=1S/C15H21ClN6/c1-9(2)17-13-20-14(18-10(3)4)22-15(21-13)19-12-8-6-5-7-11(12)16/h5-10H,1-4H3,(H3,17,18,19,20,21,22). The first-order valence-electron chi connectivity index (χ1n) is 7.24. The van der Waals surface area contributed by atoms with E-state index in [1.807, 2.05) is 52.0 Å². The van der Waals surface area contributed by atoms with Crippen LogP contribution in [0.2, 0.25) is 5.02 Å². The van der Waals surface area contributed by atoms with E-state index < -0.39 is 0 Å². The molecule has 118 valence electrons. The Morgan fingerprint density at radius 2 is 1.32 bits per heavy atom. The van der Waals surface area contributed by atoms with E-state index in [1.165, 1.54) is 0 Å². The number of anilines is 4. The second kappa shape index (κ2) is 7.26. The lowest BCUT2D eigenvalue weighted by molar-refractivity contribution is 0.847. The van der Waals surface area contributed by atoms with Gasteiger partial charge in [-0.05, 0) is 39.8 Å². The van der Waals surface area contributed by atoms with Crippen LogP contribution >= 0.6 is 11.6 Å². The highest BCUT2D eigenvalue weighted by atomic mass is 35.5. The second-order valence-corrected chi connectivity index (χ2v) is 5.92. The molecule has 0 saturated carbocycles. The number of benzene rings is 1. The van der Waals surface area contributed by atoms with Crippen LogP contribution < -0.4 is 16.0 Å². The molecule has 0 spiro atoms. The van der Waals surface area contributed by atoms with Crippen molar-refractivity contribution < 1.29 is 0 Å². The summed E-state index contributed by atoms with van der Waals surface area (Å²) < 4.78 is 0. The second-order valence-electron chi connectivity index (χ2n) is 5.51. The number of halogens is 1. The van der Waals surface area contributed by atoms with Gasteiger partial charge in [0.2, 0.25) is 17.8 Å². The van der Waals surface area contributed by atoms with E-state index >= 15 is 0 Å². The van der Waals surface area contributed by atoms with Crippen LogP contribution in [0.5, 0.6) is 0 Å². The summed E-state index contributed by atoms with van der Waals surface area (Å²) in [6.07, 6.45) is 0. The molecule has 0 unspecified atom stereocenters. The molecule has 0 bridgehead atoms. The zero-order valence-electron chi connectivity index (χ0n) is 13.2. The van der Waals surface area contributed by atoms with Gasteiger partial charge in [-0.3, -0.25) is 0 Å². The van der Waals surface area contributed by atoms with E-state index in [0.717, 1.165) is 5.69 Å². The third-order valence-corrected chi connectivity index (χ3v) is 2.92. The van der Waals surface area contributed by atoms with Gasteiger partial charge in [-0.15, -0.1) is 0 Å². The monoisotopic (exact) mass is 320 g/mol. The van der Waals surface area contributed by atoms with Gasteiger partial charge in [-0.1, -0.05) is 23.7 Å². The molecule has 7 heteroatoms. The molecule has 0 aliphatic carbocycles. The molecule has 0 amide bonds. The van der Waals surface area contributed by atoms with E-state index in [9.17, 15) is 0 Å². The van der Waals surface area contributed by atoms with Crippen LogP contribution in [-0.2, 0) is 0 Å². The number of hydrogen-bond acceptors (Lipinski definition) is 6. The molecule has 0 atom stereocenters. The molecule has 0 fully saturated rings. The molecule has 1 heterocycles. The Balaban J connectivity index is 2.30. The maximum absolute atomic E-state index is 6.16. The summed E-state index contributed by atoms with van der Waals surface area (Å²) >= 11 is 6.16. The van der Waals surface area contributed by atoms with Crippen molar-refractivity contribution in [1.82, 2.24) is 15.0 Å². The SMILES string of the molecule is CC(C)Nc1nc(Nc2ccccc2Cl)nc(NC(C)C)n1. The number of para-hydroxylation sites is 1. The predicted molar refractivity (Wildman–Crippen MR) is 92.1 cm³/mol. The predicted octanol–water partition coefficient (Wildman–Crippen LogP) is 3.91. The number of nitrogens with zero attached hydrogens (tertiary/aromatic N) is 3. The first kappa shape index (κ1) is 16.3. The zero-order chi connectivity index (χ0) is 16.1. The summed E-state index contributed by atoms with van der Waals surface area (Å²) in [5.74, 6) is 1.47. The molecule has 22 heavy (non-hydrogen) atoms. The minimum Gasteiger partial charge on any atom is -0.352 e. The maximum Gasteiger partial charge on any atom is 0.233 e. The number of aromatic nitrogens is 3. The molecule has 2 rings (SSSR count). The van der Waals surface area contributed by atoms with Gasteiger partial charge in [-0.2, -0.15) is 15.0 Å². The van der Waals surface area contributed by atoms with Gasteiger partial charge in [0, 0.05) is 12.1 Å². The maximum atomic E-state index is 6.16. The molecule has 1 aromatic heterocycles. The largest absolute Gasteiger partial charge is 0.352 e. The molecule has 0 radical (unpaired) electrons. The Labute approximate surface area is 135 Å². The normalized spacial score (nSPS) is 10.9. The fourth-order valence-electron chi connectivity index (χ4n) is 1.76. The minimum absolute atomic E-state index is 0.225. The van der Waals surface area contributed by atoms with Crippen molar-refractivity contribution in [2.24, 2.45) is 0 Å². The Kier molecular flexibility index (Phi) is 5.38. The van der Waals surface area contributed by atoms with Crippen molar-refractivity contribution in [2.75, 3.05) is 16.0 Å². The van der Waals surface area contributed by atoms with Crippen molar-refractivity contribution >= 4 is 35.1 Å². The summed E-state index contributed by atoms with van der Waals surface area (Å²) in [5.41, 5.74) is 0.751. The van der Waals surface area contributed by atoms with Gasteiger partial charge >= 0.3 is 0 Å². The summed E-state index contributed by atoms with van der Waals surface area (Å²) in [6, 6.07) is 7.90. The average Bonchev–Trinajstić information content (AvgIpc) is 2.39. The number of hydrogen-bond donors (Lipinski definition) is 3. The Morgan fingerprint density at radius 3 is 1.82 bits per heavy atom. The van der Waals surface area contributed by atoms with Crippen LogP contribution in [0.1, 0.15) is 27.7 Å². The Hall–Kier alpha value is -2.08. The average molecular weight is 321 g/mol. The quantitative estimate of drug-likeness (QED) is 0.749. The molecule has 0 aliphatic heterocycles. The number of rotatable bonds is 6. The summed E-state index contributed by atoms with van der Waals surface area (Å²) in [7, 11) is 0. The molecular weight excluding hydrogens is 300 g/mol. The van der Waals surface area contributed by atoms with Crippen LogP contribution in [-0.4, -0.2) is 27.0 Å². The molecule has 3 N–H and O–H groups in total. The topological polar surface area (TPSA) is 74.8 Å². The lowest BCUT2D eigenvalue weighted by Gasteiger charge is -2.14. The van der Waals surface area contributed by atoms with Gasteiger partial charge in [0.1, 0.15) is 0 Å². The third-order valence-electron chi connectivity index (χ3n) is 2.59. The van der Waals surface area contributed by atoms with E-state index in [2.05, 4.69) is 30.9 Å². The highest BCUT2D eigenvalue weighted by molar-refractivity contribution is 6.33. The summed E-state index contributed by atoms with van der Waals surface area (Å²) in [4.78, 5) is 13.1. The molecule has 0 aliphatic rings. The van der Waals surface area contributed by atoms with Gasteiger partial charge in [0.05, 0.1) is 10.7 Å². The van der Waals surface area contributed by atoms with Crippen LogP contribution in [0.15, 0.2) is 24.3 Å². The van der Waals surface area contributed by atoms with E-state index in [-0.39, 0.29) is 12.1 Å². The van der Waals surface area contributed by atoms with Crippen LogP contribution in [0.25, 0.3) is 0 Å². The highest BCUT2D eigenvalue weighted by Crippen LogP contribution is 2.24. The Morgan fingerprint density at radius 1 is 0.818 bits per heavy atom. The summed E-state index contributed by atoms with van der Waals surface area (Å²) in [5, 5.41) is 10.1. The van der Waals surface area contributed by atoms with Crippen molar-refractivity contribution in [1.29, 1.82) is 0 Å². The smallest absolute Gasteiger partial charge is 0.233 e. The van der Waals surface area contributed by atoms with Gasteiger partial charge in [-0.25, -0.2) is 0 Å². The fraction of sp³-hybridized carbons (Fsp3) is 0.400. The van der Waals surface area contributed by atoms with Crippen molar-refractivity contribution in [2.45, 2.75) is 39.8 Å². The summed E-state index contributed by atoms with van der Waals surface area (Å²) in [6.45, 7) is 8.11. The fourth-order valence-corrected chi connectivity index (χ4v) is 1.94. The van der Waals surface area contributed by atoms with Crippen molar-refractivity contribution in [3.63, 3.8) is 0 Å². The van der Waals surface area contributed by atoms with E-state index in [0.29, 0.717) is 22.9 Å². The first-order chi connectivity index (χ1) is 10.4. The molecule has 0 saturated heterocycles. The van der Waals surface area contributed by atoms with Crippen molar-refractivity contribution in [3.05, 3.63) is 29.3 Å². The third kappa shape index (κ3) is 4.73. The minimum atomic E-state index is 0.225. The highest BCUT2D eigenvalue weighted by Gasteiger charge is 2.09. The molecule has 6 nitrogen and oxygen atoms in total. The van der Waals surface area contributed by atoms with Gasteiger partial charge in [0.15, 0.2) is 0 Å². The molecule has 2 aromatic rings. The first-order valence-corrected chi connectivity index (χ1v) is 7.62. The van der Waals surface area contributed by atoms with Crippen molar-refractivity contribution in [3.8, 4) is 0 Å². The van der Waals surface area contributed by atoms with Crippen LogP contribution in [0.4, 0.5) is 23.5 Å². The van der Waals surface area contributed by atoms with Crippen LogP contribution in [0, 0.1) is 0 Å². The van der Waals surface area contributed by atoms with E-state index in [4.69, 9.17) is 11.6 Å². The van der Waals surface area contributed by atoms with Gasteiger partial charge < -0.3 is 16.0 Å². The lowest BCUT2D eigenvalue weighted by Crippen LogP contribution is -2.18. The zero-order valence-corrected chi connectivity index (χ0v) is 13.9. The molecular formula is C15H21ClN6. The lowest BCUT2D eigenvalue weighted by atomic mass is 10.3. The van der Waals surface area contributed by atoms with E-state index in [1.54, 1.807) is 0 Å². The Bertz CT molecular complexity index is 601. The van der Waals surface area contributed by atoms with Gasteiger partial charge in [0.25, 0.3) is 0 Å². The molecule has 1 aromatic carbocycles. The number of nitrogens with one attached hydrogen (secondary N) is 3.